The van der Waals surface area contributed by atoms with Crippen LogP contribution in [-0.4, -0.2) is 69.9 Å². The molecular weight excluding hydrogens is 646 g/mol. The quantitative estimate of drug-likeness (QED) is 0.123. The van der Waals surface area contributed by atoms with Crippen molar-refractivity contribution in [1.29, 1.82) is 0 Å². The van der Waals surface area contributed by atoms with Gasteiger partial charge in [0.1, 0.15) is 5.75 Å². The number of alkyl halides is 2. The molecule has 1 amide bonds. The maximum atomic E-state index is 15.5. The van der Waals surface area contributed by atoms with Crippen LogP contribution in [-0.2, 0) is 28.3 Å². The summed E-state index contributed by atoms with van der Waals surface area (Å²) in [6, 6.07) is 14.1. The summed E-state index contributed by atoms with van der Waals surface area (Å²) in [7, 11) is 5.71. The summed E-state index contributed by atoms with van der Waals surface area (Å²) < 4.78 is 57.8. The Balaban J connectivity index is 1.30. The molecule has 0 aliphatic heterocycles. The van der Waals surface area contributed by atoms with Crippen LogP contribution in [0.4, 0.5) is 13.6 Å². The van der Waals surface area contributed by atoms with Crippen LogP contribution < -0.4 is 18.9 Å². The number of carbonyl (C=O) groups excluding carboxylic acids is 2. The fraction of sp³-hybridized carbons (Fsp3) is 0.513. The lowest BCUT2D eigenvalue weighted by molar-refractivity contribution is -0.145. The largest absolute Gasteiger partial charge is 0.497 e. The monoisotopic (exact) mass is 696 g/mol. The molecule has 1 aliphatic carbocycles. The van der Waals surface area contributed by atoms with Gasteiger partial charge in [0.25, 0.3) is 0 Å². The van der Waals surface area contributed by atoms with E-state index in [4.69, 9.17) is 23.7 Å². The van der Waals surface area contributed by atoms with Crippen LogP contribution in [0.3, 0.4) is 0 Å². The number of hydrogen-bond donors (Lipinski definition) is 0. The zero-order valence-corrected chi connectivity index (χ0v) is 29.6. The van der Waals surface area contributed by atoms with Gasteiger partial charge in [-0.25, -0.2) is 4.79 Å². The van der Waals surface area contributed by atoms with Crippen LogP contribution in [0, 0.1) is 11.8 Å². The number of rotatable bonds is 18. The number of amides is 1. The summed E-state index contributed by atoms with van der Waals surface area (Å²) in [5, 5.41) is 0. The molecule has 1 saturated carbocycles. The van der Waals surface area contributed by atoms with E-state index in [-0.39, 0.29) is 48.2 Å². The first-order valence-electron chi connectivity index (χ1n) is 17.3. The molecular formula is C39H50F2N2O7. The van der Waals surface area contributed by atoms with E-state index in [0.717, 1.165) is 67.5 Å². The van der Waals surface area contributed by atoms with Gasteiger partial charge in [-0.15, -0.1) is 0 Å². The molecule has 1 fully saturated rings. The second-order valence-electron chi connectivity index (χ2n) is 12.8. The topological polar surface area (TPSA) is 96.4 Å². The van der Waals surface area contributed by atoms with Gasteiger partial charge in [0.05, 0.1) is 35.0 Å². The molecule has 11 heteroatoms. The highest BCUT2D eigenvalue weighted by atomic mass is 19.3. The van der Waals surface area contributed by atoms with E-state index in [9.17, 15) is 9.59 Å². The molecule has 0 saturated heterocycles. The van der Waals surface area contributed by atoms with E-state index in [0.29, 0.717) is 32.4 Å². The highest BCUT2D eigenvalue weighted by molar-refractivity contribution is 5.87. The molecule has 2 atom stereocenters. The standard InChI is InChI=1S/C39H50F2N2O7/c1-46-33-16-6-11-28(22-33)14-8-20-43(21-9-15-30-13-7-19-42-26-30)38(45)50-27-31-12-5-10-29(17-18-31)23-36(44)39(40,41)32-24-34(47-2)37(49-4)35(25-32)48-3/h6-7,11,13,16,19,22,24-26,29,31H,5,8-10,12,14-15,17-18,20-21,23,27H2,1-4H3/t29?,31-/m1/s1. The van der Waals surface area contributed by atoms with Crippen molar-refractivity contribution in [2.45, 2.75) is 70.1 Å². The van der Waals surface area contributed by atoms with Gasteiger partial charge in [-0.2, -0.15) is 8.78 Å². The first-order valence-corrected chi connectivity index (χ1v) is 17.3. The van der Waals surface area contributed by atoms with Crippen LogP contribution in [0.1, 0.15) is 68.1 Å². The number of ketones is 1. The molecule has 0 bridgehead atoms. The summed E-state index contributed by atoms with van der Waals surface area (Å²) in [4.78, 5) is 32.3. The molecule has 1 aromatic heterocycles. The SMILES string of the molecule is COc1cccc(CCCN(CCCc2cccnc2)C(=O)OC[C@@H]2CCCC(CC(=O)C(F)(F)c3cc(OC)c(OC)c(OC)c3)CC2)c1. The van der Waals surface area contributed by atoms with Crippen LogP contribution in [0.2, 0.25) is 0 Å². The fourth-order valence-corrected chi connectivity index (χ4v) is 6.54. The Morgan fingerprint density at radius 3 is 2.12 bits per heavy atom. The summed E-state index contributed by atoms with van der Waals surface area (Å²) in [5.41, 5.74) is 1.76. The Bertz CT molecular complexity index is 1500. The second-order valence-corrected chi connectivity index (χ2v) is 12.8. The third-order valence-corrected chi connectivity index (χ3v) is 9.40. The minimum absolute atomic E-state index is 0.0603. The lowest BCUT2D eigenvalue weighted by atomic mass is 9.90. The minimum atomic E-state index is -3.72. The van der Waals surface area contributed by atoms with Crippen LogP contribution in [0.5, 0.6) is 23.0 Å². The summed E-state index contributed by atoms with van der Waals surface area (Å²) in [6.45, 7) is 1.37. The van der Waals surface area contributed by atoms with Gasteiger partial charge in [-0.1, -0.05) is 31.0 Å². The normalized spacial score (nSPS) is 16.2. The third-order valence-electron chi connectivity index (χ3n) is 9.40. The number of aromatic nitrogens is 1. The first-order chi connectivity index (χ1) is 24.2. The molecule has 4 rings (SSSR count). The van der Waals surface area contributed by atoms with E-state index in [1.54, 1.807) is 18.2 Å². The van der Waals surface area contributed by atoms with Crippen LogP contribution in [0.25, 0.3) is 0 Å². The van der Waals surface area contributed by atoms with Gasteiger partial charge in [0.15, 0.2) is 11.5 Å². The number of aryl methyl sites for hydroxylation is 2. The maximum absolute atomic E-state index is 15.5. The summed E-state index contributed by atoms with van der Waals surface area (Å²) in [6.07, 6.45) is 9.67. The number of methoxy groups -OCH3 is 4. The van der Waals surface area contributed by atoms with Gasteiger partial charge < -0.3 is 28.6 Å². The van der Waals surface area contributed by atoms with Crippen molar-refractivity contribution in [2.75, 3.05) is 48.1 Å². The molecule has 0 N–H and O–H groups in total. The maximum Gasteiger partial charge on any atom is 0.409 e. The lowest BCUT2D eigenvalue weighted by Gasteiger charge is -2.24. The molecule has 0 spiro atoms. The molecule has 1 heterocycles. The first kappa shape index (κ1) is 38.4. The predicted molar refractivity (Wildman–Crippen MR) is 186 cm³/mol. The van der Waals surface area contributed by atoms with Crippen LogP contribution >= 0.6 is 0 Å². The summed E-state index contributed by atoms with van der Waals surface area (Å²) in [5.74, 6) is -3.84. The van der Waals surface area contributed by atoms with Crippen molar-refractivity contribution in [3.8, 4) is 23.0 Å². The number of hydrogen-bond acceptors (Lipinski definition) is 8. The fourth-order valence-electron chi connectivity index (χ4n) is 6.54. The number of Topliss-reactive ketones (excluding diaryl/α,β-unsaturated/α-hetero) is 1. The van der Waals surface area contributed by atoms with E-state index in [2.05, 4.69) is 11.1 Å². The smallest absolute Gasteiger partial charge is 0.409 e. The molecule has 3 aromatic rings. The molecule has 2 aromatic carbocycles. The van der Waals surface area contributed by atoms with Gasteiger partial charge in [-0.3, -0.25) is 9.78 Å². The van der Waals surface area contributed by atoms with Gasteiger partial charge in [0.2, 0.25) is 11.5 Å². The van der Waals surface area contributed by atoms with E-state index >= 15 is 8.78 Å². The van der Waals surface area contributed by atoms with Crippen molar-refractivity contribution in [3.05, 3.63) is 77.6 Å². The van der Waals surface area contributed by atoms with Crippen molar-refractivity contribution in [2.24, 2.45) is 11.8 Å². The predicted octanol–water partition coefficient (Wildman–Crippen LogP) is 8.07. The average molecular weight is 697 g/mol. The van der Waals surface area contributed by atoms with Crippen molar-refractivity contribution < 1.29 is 42.1 Å². The molecule has 50 heavy (non-hydrogen) atoms. The highest BCUT2D eigenvalue weighted by Crippen LogP contribution is 2.44. The molecule has 1 aliphatic rings. The highest BCUT2D eigenvalue weighted by Gasteiger charge is 2.42. The molecule has 1 unspecified atom stereocenters. The lowest BCUT2D eigenvalue weighted by Crippen LogP contribution is -2.35. The number of pyridine rings is 1. The van der Waals surface area contributed by atoms with E-state index in [1.807, 2.05) is 36.5 Å². The Morgan fingerprint density at radius 1 is 0.820 bits per heavy atom. The van der Waals surface area contributed by atoms with E-state index < -0.39 is 17.3 Å². The van der Waals surface area contributed by atoms with Crippen molar-refractivity contribution in [1.82, 2.24) is 9.88 Å². The van der Waals surface area contributed by atoms with Gasteiger partial charge in [-0.05, 0) is 98.2 Å². The number of benzene rings is 2. The Kier molecular flexibility index (Phi) is 14.7. The average Bonchev–Trinajstić information content (AvgIpc) is 3.37. The third kappa shape index (κ3) is 10.8. The number of ether oxygens (including phenoxy) is 5. The number of halogens is 2. The molecule has 0 radical (unpaired) electrons. The number of nitrogens with zero attached hydrogens (tertiary/aromatic N) is 2. The van der Waals surface area contributed by atoms with Crippen molar-refractivity contribution in [3.63, 3.8) is 0 Å². The van der Waals surface area contributed by atoms with Crippen LogP contribution in [0.15, 0.2) is 60.9 Å². The van der Waals surface area contributed by atoms with Gasteiger partial charge >= 0.3 is 12.0 Å². The minimum Gasteiger partial charge on any atom is -0.497 e. The zero-order valence-electron chi connectivity index (χ0n) is 29.6. The Hall–Kier alpha value is -4.41. The molecule has 9 nitrogen and oxygen atoms in total. The Morgan fingerprint density at radius 2 is 1.48 bits per heavy atom. The van der Waals surface area contributed by atoms with Crippen molar-refractivity contribution >= 4 is 11.9 Å². The van der Waals surface area contributed by atoms with E-state index in [1.165, 1.54) is 21.3 Å². The molecule has 272 valence electrons. The second kappa shape index (κ2) is 19.1. The zero-order chi connectivity index (χ0) is 35.9. The number of carbonyl (C=O) groups is 2. The summed E-state index contributed by atoms with van der Waals surface area (Å²) >= 11 is 0. The van der Waals surface area contributed by atoms with Gasteiger partial charge in [0, 0.05) is 37.5 Å². The Labute approximate surface area is 294 Å².